The molecule has 1 aromatic heterocycles. The molecular formula is C15H13N3OS. The number of hydrogen-bond acceptors (Lipinski definition) is 5. The van der Waals surface area contributed by atoms with E-state index in [-0.39, 0.29) is 0 Å². The lowest BCUT2D eigenvalue weighted by atomic mass is 10.3. The molecule has 2 heterocycles. The molecule has 0 saturated carbocycles. The van der Waals surface area contributed by atoms with Crippen molar-refractivity contribution in [3.8, 4) is 6.01 Å². The van der Waals surface area contributed by atoms with Crippen LogP contribution in [0.2, 0.25) is 0 Å². The average Bonchev–Trinajstić information content (AvgIpc) is 2.83. The zero-order valence-corrected chi connectivity index (χ0v) is 11.8. The number of aromatic nitrogens is 2. The molecule has 0 unspecified atom stereocenters. The minimum absolute atomic E-state index is 0.326. The Morgan fingerprint density at radius 2 is 1.80 bits per heavy atom. The molecule has 0 atom stereocenters. The Morgan fingerprint density at radius 1 is 1.05 bits per heavy atom. The van der Waals surface area contributed by atoms with Crippen LogP contribution < -0.4 is 4.74 Å². The lowest BCUT2D eigenvalue weighted by Gasteiger charge is -2.08. The Kier molecular flexibility index (Phi) is 3.78. The van der Waals surface area contributed by atoms with Crippen LogP contribution in [-0.4, -0.2) is 22.4 Å². The molecule has 3 rings (SSSR count). The van der Waals surface area contributed by atoms with E-state index >= 15 is 0 Å². The third-order valence-electron chi connectivity index (χ3n) is 2.73. The Bertz CT molecular complexity index is 653. The molecule has 0 spiro atoms. The van der Waals surface area contributed by atoms with Crippen molar-refractivity contribution in [2.75, 3.05) is 6.54 Å². The summed E-state index contributed by atoms with van der Waals surface area (Å²) in [5, 5.41) is 0. The molecule has 0 bridgehead atoms. The number of ether oxygens (including phenoxy) is 1. The van der Waals surface area contributed by atoms with Gasteiger partial charge in [0.1, 0.15) is 0 Å². The van der Waals surface area contributed by atoms with Crippen LogP contribution >= 0.6 is 11.8 Å². The molecule has 2 aromatic rings. The number of benzene rings is 1. The fourth-order valence-electron chi connectivity index (χ4n) is 1.76. The molecule has 0 N–H and O–H groups in total. The minimum Gasteiger partial charge on any atom is -0.404 e. The first-order chi connectivity index (χ1) is 9.83. The van der Waals surface area contributed by atoms with Gasteiger partial charge in [0.05, 0.1) is 11.4 Å². The van der Waals surface area contributed by atoms with E-state index in [0.717, 1.165) is 9.80 Å². The lowest BCUT2D eigenvalue weighted by Crippen LogP contribution is -2.09. The molecule has 1 aliphatic rings. The van der Waals surface area contributed by atoms with Gasteiger partial charge >= 0.3 is 6.01 Å². The van der Waals surface area contributed by atoms with E-state index in [1.165, 1.54) is 5.57 Å². The highest BCUT2D eigenvalue weighted by atomic mass is 32.2. The summed E-state index contributed by atoms with van der Waals surface area (Å²) < 4.78 is 5.68. The van der Waals surface area contributed by atoms with E-state index in [9.17, 15) is 0 Å². The first-order valence-corrected chi connectivity index (χ1v) is 7.07. The Hall–Kier alpha value is -2.14. The second-order valence-electron chi connectivity index (χ2n) is 4.28. The van der Waals surface area contributed by atoms with E-state index in [1.54, 1.807) is 30.2 Å². The van der Waals surface area contributed by atoms with E-state index < -0.39 is 0 Å². The highest BCUT2D eigenvalue weighted by molar-refractivity contribution is 8.04. The van der Waals surface area contributed by atoms with Crippen molar-refractivity contribution in [3.05, 3.63) is 59.3 Å². The summed E-state index contributed by atoms with van der Waals surface area (Å²) in [6, 6.07) is 12.3. The molecule has 0 saturated heterocycles. The van der Waals surface area contributed by atoms with Crippen molar-refractivity contribution in [2.24, 2.45) is 4.99 Å². The summed E-state index contributed by atoms with van der Waals surface area (Å²) in [6.07, 6.45) is 3.30. The predicted molar refractivity (Wildman–Crippen MR) is 80.0 cm³/mol. The normalized spacial score (nSPS) is 14.3. The molecule has 0 fully saturated rings. The Morgan fingerprint density at radius 3 is 2.55 bits per heavy atom. The van der Waals surface area contributed by atoms with Gasteiger partial charge in [0.15, 0.2) is 0 Å². The van der Waals surface area contributed by atoms with Gasteiger partial charge < -0.3 is 4.74 Å². The maximum atomic E-state index is 5.68. The molecule has 1 aliphatic heterocycles. The minimum atomic E-state index is 0.326. The fourth-order valence-corrected chi connectivity index (χ4v) is 2.72. The molecule has 100 valence electrons. The van der Waals surface area contributed by atoms with Crippen molar-refractivity contribution < 1.29 is 4.74 Å². The molecule has 0 aliphatic carbocycles. The number of aliphatic imine (C=N–C) groups is 1. The van der Waals surface area contributed by atoms with Crippen LogP contribution in [0.1, 0.15) is 6.92 Å². The SMILES string of the molecule is CC1=C(Sc2ccccc2)C(Oc2ncccn2)=NC1. The lowest BCUT2D eigenvalue weighted by molar-refractivity contribution is 0.505. The summed E-state index contributed by atoms with van der Waals surface area (Å²) >= 11 is 1.65. The van der Waals surface area contributed by atoms with Gasteiger partial charge in [0.2, 0.25) is 5.90 Å². The zero-order chi connectivity index (χ0) is 13.8. The quantitative estimate of drug-likeness (QED) is 0.867. The number of rotatable bonds is 3. The van der Waals surface area contributed by atoms with Crippen LogP contribution in [0.4, 0.5) is 0 Å². The van der Waals surface area contributed by atoms with E-state index in [1.807, 2.05) is 18.2 Å². The summed E-state index contributed by atoms with van der Waals surface area (Å²) in [5.74, 6) is 0.600. The van der Waals surface area contributed by atoms with Crippen molar-refractivity contribution in [3.63, 3.8) is 0 Å². The molecule has 4 nitrogen and oxygen atoms in total. The second kappa shape index (κ2) is 5.88. The third-order valence-corrected chi connectivity index (χ3v) is 3.97. The van der Waals surface area contributed by atoms with Crippen LogP contribution in [0.15, 0.2) is 69.2 Å². The van der Waals surface area contributed by atoms with Gasteiger partial charge in [-0.2, -0.15) is 0 Å². The monoisotopic (exact) mass is 283 g/mol. The molecule has 1 aromatic carbocycles. The highest BCUT2D eigenvalue weighted by Crippen LogP contribution is 2.33. The van der Waals surface area contributed by atoms with Crippen LogP contribution in [-0.2, 0) is 0 Å². The summed E-state index contributed by atoms with van der Waals surface area (Å²) in [6.45, 7) is 2.73. The molecule has 20 heavy (non-hydrogen) atoms. The van der Waals surface area contributed by atoms with Crippen molar-refractivity contribution >= 4 is 17.7 Å². The van der Waals surface area contributed by atoms with Gasteiger partial charge in [-0.25, -0.2) is 15.0 Å². The smallest absolute Gasteiger partial charge is 0.323 e. The van der Waals surface area contributed by atoms with Crippen molar-refractivity contribution in [1.29, 1.82) is 0 Å². The van der Waals surface area contributed by atoms with Gasteiger partial charge in [0.25, 0.3) is 0 Å². The topological polar surface area (TPSA) is 47.4 Å². The number of thioether (sulfide) groups is 1. The largest absolute Gasteiger partial charge is 0.404 e. The molecular weight excluding hydrogens is 270 g/mol. The second-order valence-corrected chi connectivity index (χ2v) is 5.36. The molecule has 0 radical (unpaired) electrons. The van der Waals surface area contributed by atoms with Gasteiger partial charge in [-0.15, -0.1) is 0 Å². The third kappa shape index (κ3) is 2.88. The first kappa shape index (κ1) is 12.9. The van der Waals surface area contributed by atoms with Crippen molar-refractivity contribution in [1.82, 2.24) is 9.97 Å². The predicted octanol–water partition coefficient (Wildman–Crippen LogP) is 3.33. The van der Waals surface area contributed by atoms with Gasteiger partial charge in [0, 0.05) is 17.3 Å². The summed E-state index contributed by atoms with van der Waals surface area (Å²) in [4.78, 5) is 14.7. The van der Waals surface area contributed by atoms with Crippen molar-refractivity contribution in [2.45, 2.75) is 11.8 Å². The van der Waals surface area contributed by atoms with E-state index in [4.69, 9.17) is 4.74 Å². The summed E-state index contributed by atoms with van der Waals surface area (Å²) in [5.41, 5.74) is 1.20. The van der Waals surface area contributed by atoms with Gasteiger partial charge in [-0.05, 0) is 30.7 Å². The maximum Gasteiger partial charge on any atom is 0.323 e. The van der Waals surface area contributed by atoms with E-state index in [0.29, 0.717) is 18.5 Å². The number of hydrogen-bond donors (Lipinski definition) is 0. The van der Waals surface area contributed by atoms with Crippen LogP contribution in [0, 0.1) is 0 Å². The maximum absolute atomic E-state index is 5.68. The van der Waals surface area contributed by atoms with Gasteiger partial charge in [-0.1, -0.05) is 30.0 Å². The fraction of sp³-hybridized carbons (Fsp3) is 0.133. The standard InChI is InChI=1S/C15H13N3OS/c1-11-10-18-14(19-15-16-8-5-9-17-15)13(11)20-12-6-3-2-4-7-12/h2-9H,10H2,1H3. The molecule has 0 amide bonds. The number of nitrogens with zero attached hydrogens (tertiary/aromatic N) is 3. The zero-order valence-electron chi connectivity index (χ0n) is 11.0. The first-order valence-electron chi connectivity index (χ1n) is 6.25. The van der Waals surface area contributed by atoms with Crippen LogP contribution in [0.25, 0.3) is 0 Å². The Balaban J connectivity index is 1.79. The van der Waals surface area contributed by atoms with E-state index in [2.05, 4.69) is 34.0 Å². The summed E-state index contributed by atoms with van der Waals surface area (Å²) in [7, 11) is 0. The molecule has 5 heteroatoms. The van der Waals surface area contributed by atoms with Gasteiger partial charge in [-0.3, -0.25) is 0 Å². The van der Waals surface area contributed by atoms with Crippen LogP contribution in [0.5, 0.6) is 6.01 Å². The Labute approximate surface area is 121 Å². The average molecular weight is 283 g/mol. The van der Waals surface area contributed by atoms with Crippen LogP contribution in [0.3, 0.4) is 0 Å². The highest BCUT2D eigenvalue weighted by Gasteiger charge is 2.21.